The van der Waals surface area contributed by atoms with Crippen molar-refractivity contribution >= 4 is 22.1 Å². The minimum absolute atomic E-state index is 0.131. The van der Waals surface area contributed by atoms with Gasteiger partial charge in [0.05, 0.1) is 6.26 Å². The first kappa shape index (κ1) is 21.9. The first-order valence-electron chi connectivity index (χ1n) is 5.37. The quantitative estimate of drug-likeness (QED) is 0.166. The van der Waals surface area contributed by atoms with Crippen molar-refractivity contribution in [3.05, 3.63) is 25.5 Å². The number of ether oxygens (including phenoxy) is 3. The molecule has 1 N–H and O–H groups in total. The Hall–Kier alpha value is -2.06. The van der Waals surface area contributed by atoms with Crippen LogP contribution in [-0.4, -0.2) is 48.7 Å². The van der Waals surface area contributed by atoms with Crippen LogP contribution in [0.4, 0.5) is 22.0 Å². The molecule has 0 amide bonds. The Morgan fingerprint density at radius 1 is 1.12 bits per heavy atom. The normalized spacial score (nSPS) is 15.1. The van der Waals surface area contributed by atoms with Gasteiger partial charge in [0.25, 0.3) is 0 Å². The molecule has 1 unspecified atom stereocenters. The highest BCUT2D eigenvalue weighted by Gasteiger charge is 2.69. The van der Waals surface area contributed by atoms with E-state index in [2.05, 4.69) is 27.4 Å². The van der Waals surface area contributed by atoms with Crippen molar-refractivity contribution in [1.29, 1.82) is 0 Å². The highest BCUT2D eigenvalue weighted by atomic mass is 32.2. The molecule has 0 bridgehead atoms. The van der Waals surface area contributed by atoms with Crippen LogP contribution in [0.1, 0.15) is 0 Å². The van der Waals surface area contributed by atoms with Crippen molar-refractivity contribution in [1.82, 2.24) is 0 Å². The van der Waals surface area contributed by atoms with E-state index in [-0.39, 0.29) is 12.3 Å². The van der Waals surface area contributed by atoms with E-state index < -0.39 is 45.9 Å². The Morgan fingerprint density at radius 3 is 1.96 bits per heavy atom. The number of hydrogen-bond acceptors (Lipinski definition) is 7. The van der Waals surface area contributed by atoms with E-state index in [1.165, 1.54) is 0 Å². The maximum absolute atomic E-state index is 13.1. The van der Waals surface area contributed by atoms with Crippen LogP contribution in [0.3, 0.4) is 0 Å². The third kappa shape index (κ3) is 4.72. The molecule has 0 aliphatic carbocycles. The summed E-state index contributed by atoms with van der Waals surface area (Å²) in [6, 6.07) is 0. The summed E-state index contributed by atoms with van der Waals surface area (Å²) in [4.78, 5) is 22.4. The number of esters is 2. The van der Waals surface area contributed by atoms with Gasteiger partial charge in [-0.25, -0.2) is 9.59 Å². The number of rotatable bonds is 8. The average Bonchev–Trinajstić information content (AvgIpc) is 2.40. The molecular formula is C10H9F5O8S. The molecular weight excluding hydrogens is 375 g/mol. The van der Waals surface area contributed by atoms with E-state index in [1.807, 2.05) is 0 Å². The zero-order valence-electron chi connectivity index (χ0n) is 11.4. The zero-order valence-corrected chi connectivity index (χ0v) is 12.2. The van der Waals surface area contributed by atoms with Gasteiger partial charge in [0.15, 0.2) is 0 Å². The molecule has 0 aliphatic heterocycles. The molecule has 0 aromatic rings. The van der Waals surface area contributed by atoms with Crippen LogP contribution in [0.5, 0.6) is 0 Å². The Bertz CT molecular complexity index is 626. The Kier molecular flexibility index (Phi) is 6.61. The van der Waals surface area contributed by atoms with E-state index in [0.717, 1.165) is 0 Å². The second-order valence-electron chi connectivity index (χ2n) is 3.71. The fourth-order valence-electron chi connectivity index (χ4n) is 0.982. The van der Waals surface area contributed by atoms with Crippen LogP contribution >= 0.6 is 0 Å². The lowest BCUT2D eigenvalue weighted by Crippen LogP contribution is -2.59. The molecule has 0 saturated carbocycles. The topological polar surface area (TPSA) is 116 Å². The van der Waals surface area contributed by atoms with Crippen LogP contribution in [0.15, 0.2) is 25.5 Å². The van der Waals surface area contributed by atoms with E-state index in [0.29, 0.717) is 0 Å². The Morgan fingerprint density at radius 2 is 1.62 bits per heavy atom. The van der Waals surface area contributed by atoms with Crippen LogP contribution in [0.2, 0.25) is 0 Å². The van der Waals surface area contributed by atoms with Crippen molar-refractivity contribution in [2.24, 2.45) is 0 Å². The van der Waals surface area contributed by atoms with Crippen LogP contribution in [0, 0.1) is 0 Å². The molecule has 0 aromatic heterocycles. The van der Waals surface area contributed by atoms with Crippen LogP contribution < -0.4 is 0 Å². The van der Waals surface area contributed by atoms with Crippen molar-refractivity contribution in [2.75, 3.05) is 6.61 Å². The van der Waals surface area contributed by atoms with Gasteiger partial charge in [-0.15, -0.1) is 0 Å². The van der Waals surface area contributed by atoms with Gasteiger partial charge >= 0.3 is 39.3 Å². The molecule has 8 nitrogen and oxygen atoms in total. The van der Waals surface area contributed by atoms with Gasteiger partial charge in [-0.2, -0.15) is 30.4 Å². The maximum atomic E-state index is 13.1. The summed E-state index contributed by atoms with van der Waals surface area (Å²) in [6.07, 6.45) is -5.72. The third-order valence-corrected chi connectivity index (χ3v) is 2.94. The van der Waals surface area contributed by atoms with Crippen LogP contribution in [-0.2, 0) is 33.9 Å². The summed E-state index contributed by atoms with van der Waals surface area (Å²) in [5.74, 6) is -9.27. The summed E-state index contributed by atoms with van der Waals surface area (Å²) in [5, 5.41) is -5.27. The molecule has 1 atom stereocenters. The van der Waals surface area contributed by atoms with Crippen molar-refractivity contribution in [3.8, 4) is 0 Å². The second kappa shape index (κ2) is 7.23. The highest BCUT2D eigenvalue weighted by molar-refractivity contribution is 7.86. The maximum Gasteiger partial charge on any atom is 0.468 e. The fraction of sp³-hybridized carbons (Fsp3) is 0.400. The largest absolute Gasteiger partial charge is 0.468 e. The van der Waals surface area contributed by atoms with Crippen LogP contribution in [0.25, 0.3) is 0 Å². The molecule has 138 valence electrons. The van der Waals surface area contributed by atoms with Gasteiger partial charge in [0, 0.05) is 6.08 Å². The number of alkyl halides is 5. The molecule has 0 heterocycles. The Balaban J connectivity index is 6.00. The first-order valence-corrected chi connectivity index (χ1v) is 6.81. The lowest BCUT2D eigenvalue weighted by atomic mass is 10.2. The molecule has 0 aliphatic rings. The number of halogens is 5. The highest BCUT2D eigenvalue weighted by Crippen LogP contribution is 2.38. The lowest BCUT2D eigenvalue weighted by molar-refractivity contribution is -0.358. The predicted octanol–water partition coefficient (Wildman–Crippen LogP) is 1.16. The smallest absolute Gasteiger partial charge is 0.430 e. The summed E-state index contributed by atoms with van der Waals surface area (Å²) < 4.78 is 105. The van der Waals surface area contributed by atoms with Crippen molar-refractivity contribution in [3.63, 3.8) is 0 Å². The molecule has 14 heteroatoms. The van der Waals surface area contributed by atoms with Crippen molar-refractivity contribution < 1.29 is 58.7 Å². The first-order chi connectivity index (χ1) is 10.6. The lowest BCUT2D eigenvalue weighted by Gasteiger charge is -2.32. The number of carbonyl (C=O) groups is 2. The monoisotopic (exact) mass is 384 g/mol. The summed E-state index contributed by atoms with van der Waals surface area (Å²) in [7, 11) is -6.20. The number of hydrogen-bond donors (Lipinski definition) is 1. The minimum Gasteiger partial charge on any atom is -0.430 e. The molecule has 0 saturated heterocycles. The molecule has 0 fully saturated rings. The molecule has 0 rings (SSSR count). The average molecular weight is 384 g/mol. The van der Waals surface area contributed by atoms with Gasteiger partial charge in [-0.3, -0.25) is 4.55 Å². The summed E-state index contributed by atoms with van der Waals surface area (Å²) in [5.41, 5.74) is 0. The summed E-state index contributed by atoms with van der Waals surface area (Å²) >= 11 is 0. The fourth-order valence-corrected chi connectivity index (χ4v) is 1.19. The predicted molar refractivity (Wildman–Crippen MR) is 63.8 cm³/mol. The second-order valence-corrected chi connectivity index (χ2v) is 5.26. The molecule has 0 aromatic carbocycles. The van der Waals surface area contributed by atoms with Gasteiger partial charge in [-0.05, 0) is 0 Å². The zero-order chi connectivity index (χ0) is 19.4. The minimum atomic E-state index is -6.20. The molecule has 0 spiro atoms. The van der Waals surface area contributed by atoms with Gasteiger partial charge in [0.1, 0.15) is 6.61 Å². The van der Waals surface area contributed by atoms with E-state index in [1.54, 1.807) is 0 Å². The van der Waals surface area contributed by atoms with Gasteiger partial charge < -0.3 is 14.2 Å². The SMILES string of the molecule is C=COC(=O)C(OCC(F)(F)S(=O)(=O)O)(OC(=O)C=C)C(F)(F)F. The molecule has 0 radical (unpaired) electrons. The number of carbonyl (C=O) groups excluding carboxylic acids is 2. The summed E-state index contributed by atoms with van der Waals surface area (Å²) in [6.45, 7) is 2.75. The van der Waals surface area contributed by atoms with Gasteiger partial charge in [-0.1, -0.05) is 13.2 Å². The molecule has 24 heavy (non-hydrogen) atoms. The van der Waals surface area contributed by atoms with E-state index in [4.69, 9.17) is 4.55 Å². The van der Waals surface area contributed by atoms with Crippen molar-refractivity contribution in [2.45, 2.75) is 17.2 Å². The van der Waals surface area contributed by atoms with E-state index in [9.17, 15) is 40.0 Å². The standard InChI is InChI=1S/C10H9F5O8S/c1-3-6(16)23-9(10(13,14)15,7(17)21-4-2)22-5-8(11,12)24(18,19)20/h3-4H,1-2,5H2,(H,18,19,20). The van der Waals surface area contributed by atoms with Gasteiger partial charge in [0.2, 0.25) is 0 Å². The van der Waals surface area contributed by atoms with E-state index >= 15 is 0 Å². The third-order valence-electron chi connectivity index (χ3n) is 2.06. The Labute approximate surface area is 131 Å².